The summed E-state index contributed by atoms with van der Waals surface area (Å²) in [7, 11) is 0. The lowest BCUT2D eigenvalue weighted by Gasteiger charge is -2.24. The van der Waals surface area contributed by atoms with Crippen LogP contribution in [0.4, 0.5) is 0 Å². The summed E-state index contributed by atoms with van der Waals surface area (Å²) >= 11 is 0. The minimum absolute atomic E-state index is 0.0302. The number of hydrogen-bond donors (Lipinski definition) is 1. The molecule has 1 fully saturated rings. The van der Waals surface area contributed by atoms with Gasteiger partial charge in [0.05, 0.1) is 17.3 Å². The minimum atomic E-state index is -0.383. The molecule has 0 saturated carbocycles. The topological polar surface area (TPSA) is 83.9 Å². The molecule has 22 heavy (non-hydrogen) atoms. The quantitative estimate of drug-likeness (QED) is 0.925. The fourth-order valence-corrected chi connectivity index (χ4v) is 2.95. The summed E-state index contributed by atoms with van der Waals surface area (Å²) in [5, 5.41) is 4.33. The molecule has 1 atom stereocenters. The predicted octanol–water partition coefficient (Wildman–Crippen LogP) is 1.27. The third-order valence-corrected chi connectivity index (χ3v) is 4.07. The van der Waals surface area contributed by atoms with Crippen LogP contribution in [-0.2, 0) is 6.54 Å². The van der Waals surface area contributed by atoms with E-state index in [1.54, 1.807) is 16.9 Å². The van der Waals surface area contributed by atoms with Gasteiger partial charge in [0.2, 0.25) is 0 Å². The second kappa shape index (κ2) is 5.75. The summed E-state index contributed by atoms with van der Waals surface area (Å²) in [6.45, 7) is 5.25. The number of aryl methyl sites for hydroxylation is 2. The Morgan fingerprint density at radius 3 is 3.00 bits per heavy atom. The second-order valence-electron chi connectivity index (χ2n) is 5.47. The van der Waals surface area contributed by atoms with Crippen molar-refractivity contribution < 1.29 is 4.79 Å². The van der Waals surface area contributed by atoms with Crippen LogP contribution in [0.3, 0.4) is 0 Å². The van der Waals surface area contributed by atoms with Crippen molar-refractivity contribution in [2.24, 2.45) is 0 Å². The van der Waals surface area contributed by atoms with Crippen molar-refractivity contribution in [2.75, 3.05) is 6.54 Å². The molecule has 2 aromatic heterocycles. The van der Waals surface area contributed by atoms with E-state index in [4.69, 9.17) is 0 Å². The zero-order chi connectivity index (χ0) is 15.7. The van der Waals surface area contributed by atoms with Crippen LogP contribution >= 0.6 is 0 Å². The number of aromatic nitrogens is 4. The molecule has 0 aromatic carbocycles. The van der Waals surface area contributed by atoms with Crippen LogP contribution in [0.25, 0.3) is 0 Å². The van der Waals surface area contributed by atoms with Gasteiger partial charge in [-0.2, -0.15) is 5.10 Å². The average Bonchev–Trinajstić information content (AvgIpc) is 3.13. The maximum Gasteiger partial charge on any atom is 0.345 e. The molecule has 0 radical (unpaired) electrons. The fraction of sp³-hybridized carbons (Fsp3) is 0.467. The molecular weight excluding hydrogens is 282 g/mol. The normalized spacial score (nSPS) is 17.9. The molecule has 116 valence electrons. The van der Waals surface area contributed by atoms with Crippen LogP contribution < -0.4 is 5.69 Å². The molecule has 7 heteroatoms. The first-order valence-corrected chi connectivity index (χ1v) is 7.50. The lowest BCUT2D eigenvalue weighted by molar-refractivity contribution is 0.0732. The molecule has 3 heterocycles. The first kappa shape index (κ1) is 14.5. The summed E-state index contributed by atoms with van der Waals surface area (Å²) < 4.78 is 1.77. The molecule has 1 amide bonds. The van der Waals surface area contributed by atoms with Gasteiger partial charge in [0.1, 0.15) is 0 Å². The number of likely N-dealkylation sites (tertiary alicyclic amines) is 1. The molecule has 3 rings (SSSR count). The van der Waals surface area contributed by atoms with Crippen LogP contribution in [0, 0.1) is 6.92 Å². The van der Waals surface area contributed by atoms with Crippen molar-refractivity contribution in [1.29, 1.82) is 0 Å². The summed E-state index contributed by atoms with van der Waals surface area (Å²) in [4.78, 5) is 32.4. The Balaban J connectivity index is 1.91. The lowest BCUT2D eigenvalue weighted by Crippen LogP contribution is -2.32. The van der Waals surface area contributed by atoms with E-state index in [2.05, 4.69) is 15.1 Å². The van der Waals surface area contributed by atoms with E-state index in [0.29, 0.717) is 12.1 Å². The number of nitrogens with one attached hydrogen (secondary N) is 1. The van der Waals surface area contributed by atoms with Gasteiger partial charge in [0.25, 0.3) is 5.91 Å². The largest absolute Gasteiger partial charge is 0.345 e. The number of aromatic amines is 1. The molecular formula is C15H19N5O2. The number of carbonyl (C=O) groups is 1. The molecule has 7 nitrogen and oxygen atoms in total. The molecule has 1 aliphatic heterocycles. The van der Waals surface area contributed by atoms with E-state index in [1.807, 2.05) is 18.7 Å². The van der Waals surface area contributed by atoms with E-state index >= 15 is 0 Å². The summed E-state index contributed by atoms with van der Waals surface area (Å²) in [6, 6.07) is 1.66. The molecule has 1 N–H and O–H groups in total. The first-order chi connectivity index (χ1) is 10.6. The highest BCUT2D eigenvalue weighted by molar-refractivity contribution is 5.95. The Morgan fingerprint density at radius 1 is 1.50 bits per heavy atom. The fourth-order valence-electron chi connectivity index (χ4n) is 2.95. The van der Waals surface area contributed by atoms with Crippen LogP contribution in [0.5, 0.6) is 0 Å². The van der Waals surface area contributed by atoms with E-state index < -0.39 is 0 Å². The molecule has 1 saturated heterocycles. The number of carbonyl (C=O) groups excluding carboxylic acids is 1. The average molecular weight is 301 g/mol. The zero-order valence-corrected chi connectivity index (χ0v) is 12.7. The number of nitrogens with zero attached hydrogens (tertiary/aromatic N) is 4. The molecule has 0 bridgehead atoms. The molecule has 1 unspecified atom stereocenters. The van der Waals surface area contributed by atoms with Gasteiger partial charge < -0.3 is 9.88 Å². The molecule has 2 aromatic rings. The van der Waals surface area contributed by atoms with Crippen molar-refractivity contribution in [3.05, 3.63) is 45.9 Å². The Bertz CT molecular complexity index is 748. The molecule has 0 spiro atoms. The first-order valence-electron chi connectivity index (χ1n) is 7.50. The van der Waals surface area contributed by atoms with Crippen LogP contribution in [0.1, 0.15) is 47.6 Å². The van der Waals surface area contributed by atoms with Gasteiger partial charge in [-0.05, 0) is 32.8 Å². The third kappa shape index (κ3) is 2.54. The Labute approximate surface area is 128 Å². The Hall–Kier alpha value is -2.44. The van der Waals surface area contributed by atoms with Crippen molar-refractivity contribution in [3.8, 4) is 0 Å². The van der Waals surface area contributed by atoms with Crippen molar-refractivity contribution in [2.45, 2.75) is 39.3 Å². The van der Waals surface area contributed by atoms with Gasteiger partial charge in [-0.25, -0.2) is 9.78 Å². The summed E-state index contributed by atoms with van der Waals surface area (Å²) in [5.74, 6) is -0.0302. The van der Waals surface area contributed by atoms with Crippen molar-refractivity contribution >= 4 is 5.91 Å². The van der Waals surface area contributed by atoms with Crippen LogP contribution in [-0.4, -0.2) is 37.1 Å². The maximum atomic E-state index is 12.8. The Kier molecular flexibility index (Phi) is 3.79. The van der Waals surface area contributed by atoms with Gasteiger partial charge in [-0.15, -0.1) is 0 Å². The third-order valence-electron chi connectivity index (χ3n) is 4.07. The highest BCUT2D eigenvalue weighted by Gasteiger charge is 2.32. The van der Waals surface area contributed by atoms with Crippen molar-refractivity contribution in [3.63, 3.8) is 0 Å². The standard InChI is InChI=1S/C15H19N5O2/c1-3-19-9-11(10(2)18-19)14(21)20-8-4-5-13(20)12-6-7-16-15(22)17-12/h6-7,9,13H,3-5,8H2,1-2H3,(H,16,17,22). The van der Waals surface area contributed by atoms with Gasteiger partial charge in [0.15, 0.2) is 0 Å². The van der Waals surface area contributed by atoms with E-state index in [1.165, 1.54) is 6.20 Å². The van der Waals surface area contributed by atoms with Gasteiger partial charge in [-0.3, -0.25) is 9.48 Å². The number of amides is 1. The van der Waals surface area contributed by atoms with Crippen molar-refractivity contribution in [1.82, 2.24) is 24.6 Å². The highest BCUT2D eigenvalue weighted by Crippen LogP contribution is 2.31. The Morgan fingerprint density at radius 2 is 2.32 bits per heavy atom. The van der Waals surface area contributed by atoms with E-state index in [9.17, 15) is 9.59 Å². The minimum Gasteiger partial charge on any atom is -0.330 e. The number of hydrogen-bond acceptors (Lipinski definition) is 4. The number of H-pyrrole nitrogens is 1. The predicted molar refractivity (Wildman–Crippen MR) is 80.5 cm³/mol. The van der Waals surface area contributed by atoms with Gasteiger partial charge >= 0.3 is 5.69 Å². The van der Waals surface area contributed by atoms with Crippen LogP contribution in [0.15, 0.2) is 23.3 Å². The highest BCUT2D eigenvalue weighted by atomic mass is 16.2. The SMILES string of the molecule is CCn1cc(C(=O)N2CCCC2c2ccnc(=O)[nH]2)c(C)n1. The number of rotatable bonds is 3. The monoisotopic (exact) mass is 301 g/mol. The molecule has 1 aliphatic rings. The summed E-state index contributed by atoms with van der Waals surface area (Å²) in [5.41, 5.74) is 1.73. The van der Waals surface area contributed by atoms with E-state index in [0.717, 1.165) is 30.8 Å². The lowest BCUT2D eigenvalue weighted by atomic mass is 10.1. The summed E-state index contributed by atoms with van der Waals surface area (Å²) in [6.07, 6.45) is 5.03. The second-order valence-corrected chi connectivity index (χ2v) is 5.47. The maximum absolute atomic E-state index is 12.8. The van der Waals surface area contributed by atoms with E-state index in [-0.39, 0.29) is 17.6 Å². The van der Waals surface area contributed by atoms with Gasteiger partial charge in [-0.1, -0.05) is 0 Å². The van der Waals surface area contributed by atoms with Crippen LogP contribution in [0.2, 0.25) is 0 Å². The smallest absolute Gasteiger partial charge is 0.330 e. The molecule has 0 aliphatic carbocycles. The zero-order valence-electron chi connectivity index (χ0n) is 12.7. The van der Waals surface area contributed by atoms with Gasteiger partial charge in [0, 0.05) is 31.2 Å².